The predicted molar refractivity (Wildman–Crippen MR) is 102 cm³/mol. The lowest BCUT2D eigenvalue weighted by Gasteiger charge is -2.10. The molecule has 3 rings (SSSR count). The fourth-order valence-electron chi connectivity index (χ4n) is 2.76. The number of benzene rings is 2. The molecule has 0 fully saturated rings. The van der Waals surface area contributed by atoms with Crippen LogP contribution in [-0.2, 0) is 0 Å². The molecule has 0 saturated carbocycles. The molecular formula is C21H21N3O2. The Morgan fingerprint density at radius 1 is 0.885 bits per heavy atom. The van der Waals surface area contributed by atoms with Crippen LogP contribution in [0.25, 0.3) is 10.9 Å². The van der Waals surface area contributed by atoms with Gasteiger partial charge >= 0.3 is 0 Å². The predicted octanol–water partition coefficient (Wildman–Crippen LogP) is 3.01. The Labute approximate surface area is 152 Å². The molecule has 0 saturated heterocycles. The first kappa shape index (κ1) is 17.6. The van der Waals surface area contributed by atoms with Gasteiger partial charge in [-0.3, -0.25) is 14.6 Å². The fraction of sp³-hybridized carbons (Fsp3) is 0.190. The smallest absolute Gasteiger partial charge is 0.253 e. The summed E-state index contributed by atoms with van der Waals surface area (Å²) in [6.07, 6.45) is 0. The summed E-state index contributed by atoms with van der Waals surface area (Å²) in [5.74, 6) is -0.341. The number of hydrogen-bond donors (Lipinski definition) is 2. The second-order valence-corrected chi connectivity index (χ2v) is 6.20. The summed E-state index contributed by atoms with van der Waals surface area (Å²) in [7, 11) is 0. The van der Waals surface area contributed by atoms with Gasteiger partial charge in [-0.25, -0.2) is 0 Å². The van der Waals surface area contributed by atoms with Gasteiger partial charge in [0, 0.05) is 24.0 Å². The number of aryl methyl sites for hydroxylation is 2. The van der Waals surface area contributed by atoms with Crippen molar-refractivity contribution in [2.75, 3.05) is 13.1 Å². The van der Waals surface area contributed by atoms with E-state index in [0.29, 0.717) is 29.9 Å². The number of pyridine rings is 1. The maximum absolute atomic E-state index is 12.4. The maximum Gasteiger partial charge on any atom is 0.253 e. The van der Waals surface area contributed by atoms with E-state index in [1.54, 1.807) is 12.1 Å². The summed E-state index contributed by atoms with van der Waals surface area (Å²) in [6, 6.07) is 16.8. The van der Waals surface area contributed by atoms with Crippen molar-refractivity contribution in [1.82, 2.24) is 15.6 Å². The summed E-state index contributed by atoms with van der Waals surface area (Å²) in [4.78, 5) is 28.9. The van der Waals surface area contributed by atoms with Crippen LogP contribution in [0.15, 0.2) is 54.6 Å². The average molecular weight is 347 g/mol. The van der Waals surface area contributed by atoms with E-state index in [4.69, 9.17) is 0 Å². The Bertz CT molecular complexity index is 952. The van der Waals surface area contributed by atoms with E-state index in [1.165, 1.54) is 0 Å². The summed E-state index contributed by atoms with van der Waals surface area (Å²) >= 11 is 0. The molecule has 132 valence electrons. The number of nitrogens with one attached hydrogen (secondary N) is 2. The van der Waals surface area contributed by atoms with Crippen molar-refractivity contribution in [2.45, 2.75) is 13.8 Å². The molecule has 2 amide bonds. The van der Waals surface area contributed by atoms with Gasteiger partial charge in [-0.1, -0.05) is 29.8 Å². The van der Waals surface area contributed by atoms with E-state index in [0.717, 1.165) is 16.5 Å². The van der Waals surface area contributed by atoms with E-state index in [1.807, 2.05) is 56.3 Å². The highest BCUT2D eigenvalue weighted by atomic mass is 16.2. The van der Waals surface area contributed by atoms with Crippen molar-refractivity contribution in [1.29, 1.82) is 0 Å². The SMILES string of the molecule is Cc1ccc2nc(C)c(C(=O)NCCNC(=O)c3ccccc3)cc2c1. The van der Waals surface area contributed by atoms with Crippen LogP contribution >= 0.6 is 0 Å². The van der Waals surface area contributed by atoms with Gasteiger partial charge in [0.25, 0.3) is 11.8 Å². The molecule has 0 atom stereocenters. The number of rotatable bonds is 5. The molecule has 2 aromatic carbocycles. The van der Waals surface area contributed by atoms with E-state index in [9.17, 15) is 9.59 Å². The minimum Gasteiger partial charge on any atom is -0.350 e. The molecule has 0 spiro atoms. The van der Waals surface area contributed by atoms with Crippen molar-refractivity contribution >= 4 is 22.7 Å². The first-order valence-electron chi connectivity index (χ1n) is 8.54. The van der Waals surface area contributed by atoms with Crippen molar-refractivity contribution < 1.29 is 9.59 Å². The highest BCUT2D eigenvalue weighted by Gasteiger charge is 2.11. The van der Waals surface area contributed by atoms with Gasteiger partial charge < -0.3 is 10.6 Å². The molecule has 0 bridgehead atoms. The molecule has 1 aromatic heterocycles. The number of hydrogen-bond acceptors (Lipinski definition) is 3. The summed E-state index contributed by atoms with van der Waals surface area (Å²) < 4.78 is 0. The Morgan fingerprint density at radius 3 is 2.31 bits per heavy atom. The number of fused-ring (bicyclic) bond motifs is 1. The number of aromatic nitrogens is 1. The molecular weight excluding hydrogens is 326 g/mol. The van der Waals surface area contributed by atoms with Crippen LogP contribution < -0.4 is 10.6 Å². The van der Waals surface area contributed by atoms with Gasteiger partial charge in [0.15, 0.2) is 0 Å². The first-order chi connectivity index (χ1) is 12.5. The number of carbonyl (C=O) groups is 2. The zero-order chi connectivity index (χ0) is 18.5. The van der Waals surface area contributed by atoms with Crippen LogP contribution in [0.3, 0.4) is 0 Å². The molecule has 5 heteroatoms. The number of carbonyl (C=O) groups excluding carboxylic acids is 2. The third-order valence-electron chi connectivity index (χ3n) is 4.14. The second kappa shape index (κ2) is 7.78. The maximum atomic E-state index is 12.4. The Kier molecular flexibility index (Phi) is 5.27. The van der Waals surface area contributed by atoms with E-state index < -0.39 is 0 Å². The molecule has 5 nitrogen and oxygen atoms in total. The highest BCUT2D eigenvalue weighted by Crippen LogP contribution is 2.18. The lowest BCUT2D eigenvalue weighted by atomic mass is 10.1. The van der Waals surface area contributed by atoms with Gasteiger partial charge in [0.05, 0.1) is 16.8 Å². The van der Waals surface area contributed by atoms with Gasteiger partial charge in [0.1, 0.15) is 0 Å². The normalized spacial score (nSPS) is 10.5. The molecule has 1 heterocycles. The van der Waals surface area contributed by atoms with Crippen LogP contribution in [0.5, 0.6) is 0 Å². The van der Waals surface area contributed by atoms with Crippen molar-refractivity contribution in [3.63, 3.8) is 0 Å². The molecule has 26 heavy (non-hydrogen) atoms. The van der Waals surface area contributed by atoms with Crippen molar-refractivity contribution in [2.24, 2.45) is 0 Å². The summed E-state index contributed by atoms with van der Waals surface area (Å²) in [6.45, 7) is 4.54. The van der Waals surface area contributed by atoms with Gasteiger partial charge in [0.2, 0.25) is 0 Å². The quantitative estimate of drug-likeness (QED) is 0.697. The minimum absolute atomic E-state index is 0.154. The number of amides is 2. The molecule has 0 radical (unpaired) electrons. The third kappa shape index (κ3) is 4.06. The van der Waals surface area contributed by atoms with Crippen molar-refractivity contribution in [3.05, 3.63) is 77.0 Å². The third-order valence-corrected chi connectivity index (χ3v) is 4.14. The van der Waals surface area contributed by atoms with Gasteiger partial charge in [-0.2, -0.15) is 0 Å². The zero-order valence-electron chi connectivity index (χ0n) is 14.9. The topological polar surface area (TPSA) is 71.1 Å². The molecule has 3 aromatic rings. The molecule has 2 N–H and O–H groups in total. The Morgan fingerprint density at radius 2 is 1.58 bits per heavy atom. The highest BCUT2D eigenvalue weighted by molar-refractivity contribution is 5.98. The monoisotopic (exact) mass is 347 g/mol. The van der Waals surface area contributed by atoms with Crippen LogP contribution in [0.2, 0.25) is 0 Å². The zero-order valence-corrected chi connectivity index (χ0v) is 14.9. The largest absolute Gasteiger partial charge is 0.350 e. The van der Waals surface area contributed by atoms with Crippen LogP contribution in [0.1, 0.15) is 32.0 Å². The first-order valence-corrected chi connectivity index (χ1v) is 8.54. The van der Waals surface area contributed by atoms with Gasteiger partial charge in [-0.15, -0.1) is 0 Å². The second-order valence-electron chi connectivity index (χ2n) is 6.20. The lowest BCUT2D eigenvalue weighted by Crippen LogP contribution is -2.35. The average Bonchev–Trinajstić information content (AvgIpc) is 2.65. The lowest BCUT2D eigenvalue weighted by molar-refractivity contribution is 0.0927. The number of nitrogens with zero attached hydrogens (tertiary/aromatic N) is 1. The standard InChI is InChI=1S/C21H21N3O2/c1-14-8-9-19-17(12-14)13-18(15(2)24-19)21(26)23-11-10-22-20(25)16-6-4-3-5-7-16/h3-9,12-13H,10-11H2,1-2H3,(H,22,25)(H,23,26). The van der Waals surface area contributed by atoms with Gasteiger partial charge in [-0.05, 0) is 44.2 Å². The van der Waals surface area contributed by atoms with E-state index in [2.05, 4.69) is 15.6 Å². The fourth-order valence-corrected chi connectivity index (χ4v) is 2.76. The van der Waals surface area contributed by atoms with Crippen LogP contribution in [0.4, 0.5) is 0 Å². The minimum atomic E-state index is -0.188. The molecule has 0 unspecified atom stereocenters. The molecule has 0 aliphatic carbocycles. The summed E-state index contributed by atoms with van der Waals surface area (Å²) in [5.41, 5.74) is 3.84. The van der Waals surface area contributed by atoms with Crippen LogP contribution in [-0.4, -0.2) is 29.9 Å². The van der Waals surface area contributed by atoms with E-state index in [-0.39, 0.29) is 11.8 Å². The van der Waals surface area contributed by atoms with Crippen molar-refractivity contribution in [3.8, 4) is 0 Å². The Hall–Kier alpha value is -3.21. The molecule has 0 aliphatic rings. The Balaban J connectivity index is 1.59. The summed E-state index contributed by atoms with van der Waals surface area (Å²) in [5, 5.41) is 6.56. The van der Waals surface area contributed by atoms with E-state index >= 15 is 0 Å². The van der Waals surface area contributed by atoms with Crippen LogP contribution in [0, 0.1) is 13.8 Å². The molecule has 0 aliphatic heterocycles.